The first kappa shape index (κ1) is 17.6. The van der Waals surface area contributed by atoms with Gasteiger partial charge in [-0.1, -0.05) is 26.7 Å². The van der Waals surface area contributed by atoms with E-state index in [0.29, 0.717) is 23.8 Å². The summed E-state index contributed by atoms with van der Waals surface area (Å²) < 4.78 is 0. The fraction of sp³-hybridized carbons (Fsp3) is 0.875. The number of rotatable bonds is 3. The monoisotopic (exact) mass is 327 g/mol. The van der Waals surface area contributed by atoms with Crippen LogP contribution in [0.15, 0.2) is 0 Å². The molecule has 1 aliphatic heterocycles. The highest BCUT2D eigenvalue weighted by molar-refractivity contribution is 8.00. The zero-order valence-electron chi connectivity index (χ0n) is 13.9. The predicted molar refractivity (Wildman–Crippen MR) is 91.0 cm³/mol. The SMILES string of the molecule is C[C@@H]1CCCC[C@@H]1NC(=O)NC(=O)CN1CCS[C@@H](C)[C@@H]1C. The van der Waals surface area contributed by atoms with Crippen molar-refractivity contribution in [2.24, 2.45) is 5.92 Å². The van der Waals surface area contributed by atoms with Crippen LogP contribution in [0.2, 0.25) is 0 Å². The lowest BCUT2D eigenvalue weighted by molar-refractivity contribution is -0.121. The summed E-state index contributed by atoms with van der Waals surface area (Å²) in [5.41, 5.74) is 0. The van der Waals surface area contributed by atoms with Gasteiger partial charge in [0, 0.05) is 29.6 Å². The van der Waals surface area contributed by atoms with E-state index < -0.39 is 0 Å². The van der Waals surface area contributed by atoms with Crippen molar-refractivity contribution in [3.05, 3.63) is 0 Å². The molecular formula is C16H29N3O2S. The molecule has 6 heteroatoms. The molecule has 2 fully saturated rings. The van der Waals surface area contributed by atoms with Gasteiger partial charge in [-0.3, -0.25) is 15.0 Å². The molecule has 0 bridgehead atoms. The number of nitrogens with zero attached hydrogens (tertiary/aromatic N) is 1. The van der Waals surface area contributed by atoms with Crippen LogP contribution in [0.4, 0.5) is 4.79 Å². The van der Waals surface area contributed by atoms with E-state index in [4.69, 9.17) is 0 Å². The zero-order valence-corrected chi connectivity index (χ0v) is 14.7. The van der Waals surface area contributed by atoms with E-state index in [1.165, 1.54) is 6.42 Å². The van der Waals surface area contributed by atoms with Gasteiger partial charge in [-0.2, -0.15) is 11.8 Å². The maximum absolute atomic E-state index is 12.1. The van der Waals surface area contributed by atoms with Gasteiger partial charge in [-0.15, -0.1) is 0 Å². The van der Waals surface area contributed by atoms with E-state index in [1.54, 1.807) is 0 Å². The van der Waals surface area contributed by atoms with Crippen molar-refractivity contribution >= 4 is 23.7 Å². The third-order valence-electron chi connectivity index (χ3n) is 5.04. The van der Waals surface area contributed by atoms with Crippen molar-refractivity contribution in [2.45, 2.75) is 63.8 Å². The molecule has 1 heterocycles. The average Bonchev–Trinajstić information content (AvgIpc) is 2.46. The Morgan fingerprint density at radius 3 is 2.64 bits per heavy atom. The minimum Gasteiger partial charge on any atom is -0.335 e. The smallest absolute Gasteiger partial charge is 0.321 e. The Morgan fingerprint density at radius 1 is 1.18 bits per heavy atom. The summed E-state index contributed by atoms with van der Waals surface area (Å²) in [7, 11) is 0. The number of amides is 3. The van der Waals surface area contributed by atoms with Crippen LogP contribution in [0.5, 0.6) is 0 Å². The van der Waals surface area contributed by atoms with Gasteiger partial charge < -0.3 is 5.32 Å². The van der Waals surface area contributed by atoms with Gasteiger partial charge in [0.2, 0.25) is 5.91 Å². The van der Waals surface area contributed by atoms with Gasteiger partial charge in [0.05, 0.1) is 6.54 Å². The summed E-state index contributed by atoms with van der Waals surface area (Å²) in [5.74, 6) is 1.34. The number of carbonyl (C=O) groups is 2. The normalized spacial score (nSPS) is 33.2. The second kappa shape index (κ2) is 8.20. The maximum atomic E-state index is 12.1. The second-order valence-electron chi connectivity index (χ2n) is 6.68. The van der Waals surface area contributed by atoms with Crippen molar-refractivity contribution in [2.75, 3.05) is 18.8 Å². The van der Waals surface area contributed by atoms with Gasteiger partial charge in [-0.25, -0.2) is 4.79 Å². The van der Waals surface area contributed by atoms with Gasteiger partial charge in [-0.05, 0) is 25.7 Å². The summed E-state index contributed by atoms with van der Waals surface area (Å²) >= 11 is 1.94. The minimum absolute atomic E-state index is 0.201. The van der Waals surface area contributed by atoms with E-state index in [0.717, 1.165) is 31.6 Å². The molecule has 0 aromatic rings. The van der Waals surface area contributed by atoms with E-state index in [1.807, 2.05) is 11.8 Å². The van der Waals surface area contributed by atoms with Crippen molar-refractivity contribution in [3.8, 4) is 0 Å². The number of thioether (sulfide) groups is 1. The summed E-state index contributed by atoms with van der Waals surface area (Å²) in [6, 6.07) is 0.230. The van der Waals surface area contributed by atoms with Crippen LogP contribution in [0.3, 0.4) is 0 Å². The van der Waals surface area contributed by atoms with Gasteiger partial charge >= 0.3 is 6.03 Å². The van der Waals surface area contributed by atoms with Crippen molar-refractivity contribution < 1.29 is 9.59 Å². The molecule has 126 valence electrons. The first-order chi connectivity index (χ1) is 10.5. The Hall–Kier alpha value is -0.750. The molecule has 2 N–H and O–H groups in total. The lowest BCUT2D eigenvalue weighted by Crippen LogP contribution is -2.52. The van der Waals surface area contributed by atoms with Gasteiger partial charge in [0.1, 0.15) is 0 Å². The summed E-state index contributed by atoms with van der Waals surface area (Å²) in [4.78, 5) is 26.2. The standard InChI is InChI=1S/C16H29N3O2S/c1-11-6-4-5-7-14(11)17-16(21)18-15(20)10-19-8-9-22-13(3)12(19)2/h11-14H,4-10H2,1-3H3,(H2,17,18,20,21)/t11-,12+,13+,14+/m1/s1. The molecule has 5 nitrogen and oxygen atoms in total. The Kier molecular flexibility index (Phi) is 6.56. The van der Waals surface area contributed by atoms with Crippen molar-refractivity contribution in [3.63, 3.8) is 0 Å². The van der Waals surface area contributed by atoms with Crippen LogP contribution >= 0.6 is 11.8 Å². The first-order valence-corrected chi connectivity index (χ1v) is 9.48. The maximum Gasteiger partial charge on any atom is 0.321 e. The lowest BCUT2D eigenvalue weighted by Gasteiger charge is -2.36. The highest BCUT2D eigenvalue weighted by atomic mass is 32.2. The number of hydrogen-bond acceptors (Lipinski definition) is 4. The van der Waals surface area contributed by atoms with Crippen LogP contribution < -0.4 is 10.6 Å². The molecule has 22 heavy (non-hydrogen) atoms. The molecule has 1 aliphatic carbocycles. The Balaban J connectivity index is 1.75. The van der Waals surface area contributed by atoms with Crippen LogP contribution in [0.25, 0.3) is 0 Å². The first-order valence-electron chi connectivity index (χ1n) is 8.43. The summed E-state index contributed by atoms with van der Waals surface area (Å²) in [6.07, 6.45) is 4.56. The topological polar surface area (TPSA) is 61.4 Å². The van der Waals surface area contributed by atoms with Crippen molar-refractivity contribution in [1.82, 2.24) is 15.5 Å². The lowest BCUT2D eigenvalue weighted by atomic mass is 9.86. The quantitative estimate of drug-likeness (QED) is 0.834. The van der Waals surface area contributed by atoms with E-state index in [-0.39, 0.29) is 18.0 Å². The van der Waals surface area contributed by atoms with E-state index in [9.17, 15) is 9.59 Å². The third-order valence-corrected chi connectivity index (χ3v) is 6.38. The molecule has 1 saturated carbocycles. The summed E-state index contributed by atoms with van der Waals surface area (Å²) in [6.45, 7) is 7.72. The largest absolute Gasteiger partial charge is 0.335 e. The third kappa shape index (κ3) is 4.88. The number of imide groups is 1. The van der Waals surface area contributed by atoms with E-state index >= 15 is 0 Å². The number of urea groups is 1. The minimum atomic E-state index is -0.337. The Morgan fingerprint density at radius 2 is 1.91 bits per heavy atom. The number of hydrogen-bond donors (Lipinski definition) is 2. The summed E-state index contributed by atoms with van der Waals surface area (Å²) in [5, 5.41) is 5.98. The Labute approximate surface area is 138 Å². The molecule has 1 saturated heterocycles. The molecule has 0 aromatic heterocycles. The Bertz CT molecular complexity index is 405. The molecule has 4 atom stereocenters. The molecule has 0 aromatic carbocycles. The molecule has 2 rings (SSSR count). The average molecular weight is 327 g/mol. The van der Waals surface area contributed by atoms with Crippen LogP contribution in [0.1, 0.15) is 46.5 Å². The van der Waals surface area contributed by atoms with Crippen LogP contribution in [-0.4, -0.2) is 53.0 Å². The number of carbonyl (C=O) groups excluding carboxylic acids is 2. The molecule has 0 radical (unpaired) electrons. The number of nitrogens with one attached hydrogen (secondary N) is 2. The van der Waals surface area contributed by atoms with Gasteiger partial charge in [0.15, 0.2) is 0 Å². The van der Waals surface area contributed by atoms with Crippen LogP contribution in [-0.2, 0) is 4.79 Å². The highest BCUT2D eigenvalue weighted by Gasteiger charge is 2.28. The molecular weight excluding hydrogens is 298 g/mol. The zero-order chi connectivity index (χ0) is 16.1. The van der Waals surface area contributed by atoms with Gasteiger partial charge in [0.25, 0.3) is 0 Å². The molecule has 2 aliphatic rings. The van der Waals surface area contributed by atoms with Crippen molar-refractivity contribution in [1.29, 1.82) is 0 Å². The fourth-order valence-electron chi connectivity index (χ4n) is 3.30. The van der Waals surface area contributed by atoms with E-state index in [2.05, 4.69) is 36.3 Å². The van der Waals surface area contributed by atoms with Crippen LogP contribution in [0, 0.1) is 5.92 Å². The predicted octanol–water partition coefficient (Wildman–Crippen LogP) is 2.22. The molecule has 0 spiro atoms. The fourth-order valence-corrected chi connectivity index (χ4v) is 4.47. The second-order valence-corrected chi connectivity index (χ2v) is 8.16. The highest BCUT2D eigenvalue weighted by Crippen LogP contribution is 2.24. The molecule has 0 unspecified atom stereocenters. The molecule has 3 amide bonds.